The van der Waals surface area contributed by atoms with Crippen molar-refractivity contribution in [1.82, 2.24) is 4.90 Å². The van der Waals surface area contributed by atoms with Gasteiger partial charge < -0.3 is 0 Å². The lowest BCUT2D eigenvalue weighted by Crippen LogP contribution is -2.40. The van der Waals surface area contributed by atoms with Gasteiger partial charge in [0.25, 0.3) is 0 Å². The van der Waals surface area contributed by atoms with Gasteiger partial charge in [-0.3, -0.25) is 9.69 Å². The molecule has 0 unspecified atom stereocenters. The highest BCUT2D eigenvalue weighted by atomic mass is 32.1. The second kappa shape index (κ2) is 5.54. The van der Waals surface area contributed by atoms with Crippen LogP contribution < -0.4 is 0 Å². The van der Waals surface area contributed by atoms with Crippen molar-refractivity contribution in [2.75, 3.05) is 19.6 Å². The minimum Gasteiger partial charge on any atom is -0.296 e. The van der Waals surface area contributed by atoms with Crippen LogP contribution in [0.1, 0.15) is 48.2 Å². The number of hydrogen-bond acceptors (Lipinski definition) is 3. The summed E-state index contributed by atoms with van der Waals surface area (Å²) in [5, 5.41) is 0. The quantitative estimate of drug-likeness (QED) is 0.775. The minimum absolute atomic E-state index is 0.291. The predicted octanol–water partition coefficient (Wildman–Crippen LogP) is 3.62. The molecule has 100 valence electrons. The Morgan fingerprint density at radius 1 is 1.33 bits per heavy atom. The van der Waals surface area contributed by atoms with Crippen molar-refractivity contribution in [2.45, 2.75) is 40.0 Å². The summed E-state index contributed by atoms with van der Waals surface area (Å²) in [7, 11) is 0. The van der Waals surface area contributed by atoms with E-state index < -0.39 is 0 Å². The van der Waals surface area contributed by atoms with E-state index in [4.69, 9.17) is 0 Å². The van der Waals surface area contributed by atoms with Crippen LogP contribution in [0.4, 0.5) is 0 Å². The normalized spacial score (nSPS) is 19.9. The van der Waals surface area contributed by atoms with Crippen LogP contribution in [0.15, 0.2) is 12.1 Å². The maximum atomic E-state index is 12.2. The molecule has 2 rings (SSSR count). The molecule has 0 amide bonds. The third-order valence-corrected chi connectivity index (χ3v) is 5.13. The topological polar surface area (TPSA) is 20.3 Å². The van der Waals surface area contributed by atoms with E-state index in [0.29, 0.717) is 17.7 Å². The molecular formula is C15H23NOS. The van der Waals surface area contributed by atoms with Gasteiger partial charge in [0.2, 0.25) is 0 Å². The summed E-state index contributed by atoms with van der Waals surface area (Å²) >= 11 is 1.65. The van der Waals surface area contributed by atoms with Gasteiger partial charge in [-0.25, -0.2) is 0 Å². The van der Waals surface area contributed by atoms with Gasteiger partial charge in [0.15, 0.2) is 5.78 Å². The maximum Gasteiger partial charge on any atom is 0.186 e. The smallest absolute Gasteiger partial charge is 0.186 e. The predicted molar refractivity (Wildman–Crippen MR) is 77.5 cm³/mol. The van der Waals surface area contributed by atoms with Crippen LogP contribution in [0.25, 0.3) is 0 Å². The average Bonchev–Trinajstić information content (AvgIpc) is 2.80. The van der Waals surface area contributed by atoms with E-state index in [9.17, 15) is 4.79 Å². The molecule has 0 N–H and O–H groups in total. The van der Waals surface area contributed by atoms with Crippen LogP contribution in [0.3, 0.4) is 0 Å². The lowest BCUT2D eigenvalue weighted by Gasteiger charge is -2.36. The molecule has 1 saturated heterocycles. The van der Waals surface area contributed by atoms with Gasteiger partial charge in [-0.05, 0) is 49.9 Å². The highest BCUT2D eigenvalue weighted by Crippen LogP contribution is 2.29. The van der Waals surface area contributed by atoms with Crippen molar-refractivity contribution in [1.29, 1.82) is 0 Å². The lowest BCUT2D eigenvalue weighted by molar-refractivity contribution is 0.0849. The summed E-state index contributed by atoms with van der Waals surface area (Å²) in [5.74, 6) is 0.291. The van der Waals surface area contributed by atoms with Crippen LogP contribution in [-0.4, -0.2) is 30.3 Å². The zero-order chi connectivity index (χ0) is 13.2. The second-order valence-electron chi connectivity index (χ2n) is 5.98. The van der Waals surface area contributed by atoms with Gasteiger partial charge in [-0.15, -0.1) is 11.3 Å². The van der Waals surface area contributed by atoms with E-state index in [2.05, 4.69) is 31.7 Å². The van der Waals surface area contributed by atoms with Crippen LogP contribution in [0, 0.1) is 5.41 Å². The summed E-state index contributed by atoms with van der Waals surface area (Å²) in [4.78, 5) is 16.7. The molecule has 2 nitrogen and oxygen atoms in total. The molecule has 2 heterocycles. The summed E-state index contributed by atoms with van der Waals surface area (Å²) in [6.07, 6.45) is 3.42. The first-order chi connectivity index (χ1) is 8.50. The highest BCUT2D eigenvalue weighted by Gasteiger charge is 2.26. The van der Waals surface area contributed by atoms with Crippen molar-refractivity contribution >= 4 is 17.1 Å². The van der Waals surface area contributed by atoms with Gasteiger partial charge >= 0.3 is 0 Å². The number of hydrogen-bond donors (Lipinski definition) is 0. The molecule has 0 aliphatic carbocycles. The Bertz CT molecular complexity index is 412. The highest BCUT2D eigenvalue weighted by molar-refractivity contribution is 7.14. The fraction of sp³-hybridized carbons (Fsp3) is 0.667. The standard InChI is InChI=1S/C15H23NOS/c1-4-12-5-6-14(18-12)13(17)11-16-9-7-15(2,3)8-10-16/h5-6H,4,7-11H2,1-3H3. The first kappa shape index (κ1) is 13.8. The van der Waals surface area contributed by atoms with Crippen molar-refractivity contribution in [2.24, 2.45) is 5.41 Å². The molecule has 0 saturated carbocycles. The van der Waals surface area contributed by atoms with E-state index >= 15 is 0 Å². The average molecular weight is 265 g/mol. The van der Waals surface area contributed by atoms with E-state index in [1.165, 1.54) is 17.7 Å². The van der Waals surface area contributed by atoms with Crippen molar-refractivity contribution in [3.8, 4) is 0 Å². The molecule has 0 bridgehead atoms. The third kappa shape index (κ3) is 3.42. The number of carbonyl (C=O) groups is 1. The summed E-state index contributed by atoms with van der Waals surface area (Å²) in [6.45, 7) is 9.49. The van der Waals surface area contributed by atoms with Crippen LogP contribution in [-0.2, 0) is 6.42 Å². The third-order valence-electron chi connectivity index (χ3n) is 3.86. The second-order valence-corrected chi connectivity index (χ2v) is 7.15. The monoisotopic (exact) mass is 265 g/mol. The molecule has 1 aromatic rings. The van der Waals surface area contributed by atoms with Crippen LogP contribution in [0.5, 0.6) is 0 Å². The minimum atomic E-state index is 0.291. The number of rotatable bonds is 4. The number of likely N-dealkylation sites (tertiary alicyclic amines) is 1. The van der Waals surface area contributed by atoms with E-state index in [1.807, 2.05) is 6.07 Å². The first-order valence-corrected chi connectivity index (χ1v) is 7.66. The van der Waals surface area contributed by atoms with Gasteiger partial charge in [-0.1, -0.05) is 20.8 Å². The Morgan fingerprint density at radius 2 is 2.00 bits per heavy atom. The molecule has 0 aromatic carbocycles. The van der Waals surface area contributed by atoms with Gasteiger partial charge in [0.1, 0.15) is 0 Å². The molecule has 1 aromatic heterocycles. The molecule has 0 radical (unpaired) electrons. The molecule has 0 atom stereocenters. The number of thiophene rings is 1. The van der Waals surface area contributed by atoms with Gasteiger partial charge in [0, 0.05) is 4.88 Å². The van der Waals surface area contributed by atoms with E-state index in [1.54, 1.807) is 11.3 Å². The first-order valence-electron chi connectivity index (χ1n) is 6.84. The molecular weight excluding hydrogens is 242 g/mol. The fourth-order valence-electron chi connectivity index (χ4n) is 2.32. The van der Waals surface area contributed by atoms with Crippen LogP contribution in [0.2, 0.25) is 0 Å². The summed E-state index contributed by atoms with van der Waals surface area (Å²) in [5.41, 5.74) is 0.456. The number of nitrogens with zero attached hydrogens (tertiary/aromatic N) is 1. The Kier molecular flexibility index (Phi) is 4.23. The zero-order valence-electron chi connectivity index (χ0n) is 11.7. The van der Waals surface area contributed by atoms with Crippen molar-refractivity contribution in [3.05, 3.63) is 21.9 Å². The number of piperidine rings is 1. The van der Waals surface area contributed by atoms with Crippen LogP contribution >= 0.6 is 11.3 Å². The lowest BCUT2D eigenvalue weighted by atomic mass is 9.82. The summed E-state index contributed by atoms with van der Waals surface area (Å²) < 4.78 is 0. The zero-order valence-corrected chi connectivity index (χ0v) is 12.5. The van der Waals surface area contributed by atoms with E-state index in [-0.39, 0.29) is 0 Å². The van der Waals surface area contributed by atoms with Gasteiger partial charge in [-0.2, -0.15) is 0 Å². The Hall–Kier alpha value is -0.670. The molecule has 1 fully saturated rings. The maximum absolute atomic E-state index is 12.2. The molecule has 0 spiro atoms. The molecule has 3 heteroatoms. The van der Waals surface area contributed by atoms with Crippen molar-refractivity contribution in [3.63, 3.8) is 0 Å². The van der Waals surface area contributed by atoms with Crippen molar-refractivity contribution < 1.29 is 4.79 Å². The number of ketones is 1. The molecule has 1 aliphatic rings. The number of Topliss-reactive ketones (excluding diaryl/α,β-unsaturated/α-hetero) is 1. The van der Waals surface area contributed by atoms with E-state index in [0.717, 1.165) is 24.4 Å². The largest absolute Gasteiger partial charge is 0.296 e. The van der Waals surface area contributed by atoms with Gasteiger partial charge in [0.05, 0.1) is 11.4 Å². The Labute approximate surface area is 114 Å². The molecule has 18 heavy (non-hydrogen) atoms. The number of aryl methyl sites for hydroxylation is 1. The molecule has 1 aliphatic heterocycles. The number of carbonyl (C=O) groups excluding carboxylic acids is 1. The SMILES string of the molecule is CCc1ccc(C(=O)CN2CCC(C)(C)CC2)s1. The summed E-state index contributed by atoms with van der Waals surface area (Å²) in [6, 6.07) is 4.07. The Balaban J connectivity index is 1.88. The Morgan fingerprint density at radius 3 is 2.56 bits per heavy atom. The fourth-order valence-corrected chi connectivity index (χ4v) is 3.19.